The van der Waals surface area contributed by atoms with E-state index in [4.69, 9.17) is 21.1 Å². The summed E-state index contributed by atoms with van der Waals surface area (Å²) in [4.78, 5) is 69.5. The maximum Gasteiger partial charge on any atom is 0.326 e. The Balaban J connectivity index is 2.81. The third kappa shape index (κ3) is 10.7. The van der Waals surface area contributed by atoms with Gasteiger partial charge in [-0.2, -0.15) is 0 Å². The average Bonchev–Trinajstić information content (AvgIpc) is 2.75. The third-order valence-corrected chi connectivity index (χ3v) is 4.36. The molecule has 0 saturated carbocycles. The maximum absolute atomic E-state index is 12.6. The van der Waals surface area contributed by atoms with Gasteiger partial charge in [0.05, 0.1) is 19.0 Å². The highest BCUT2D eigenvalue weighted by Gasteiger charge is 2.28. The molecule has 3 amide bonds. The van der Waals surface area contributed by atoms with Crippen LogP contribution in [0.3, 0.4) is 0 Å². The number of benzene rings is 1. The Bertz CT molecular complexity index is 876. The van der Waals surface area contributed by atoms with E-state index in [1.165, 1.54) is 0 Å². The molecule has 13 nitrogen and oxygen atoms in total. The van der Waals surface area contributed by atoms with Crippen molar-refractivity contribution >= 4 is 35.6 Å². The lowest BCUT2D eigenvalue weighted by Crippen LogP contribution is -2.54. The van der Waals surface area contributed by atoms with Gasteiger partial charge in [-0.3, -0.25) is 24.0 Å². The predicted molar refractivity (Wildman–Crippen MR) is 112 cm³/mol. The number of aliphatic carboxylic acids is 3. The van der Waals surface area contributed by atoms with Crippen molar-refractivity contribution in [2.45, 2.75) is 43.8 Å². The highest BCUT2D eigenvalue weighted by atomic mass is 16.4. The zero-order valence-corrected chi connectivity index (χ0v) is 17.5. The standard InChI is InChI=1S/C20H26N4O9/c21-12(6-7-16(26)27)18(30)22-10-15(25)23-13(8-11-4-2-1-3-5-11)19(31)24-14(20(32)33)9-17(28)29/h1-5,12-14H,6-10,21H2,(H,22,30)(H,23,25)(H,24,31)(H,26,27)(H,28,29)(H,32,33). The van der Waals surface area contributed by atoms with E-state index < -0.39 is 66.7 Å². The SMILES string of the molecule is NC(CCC(=O)O)C(=O)NCC(=O)NC(Cc1ccccc1)C(=O)NC(CC(=O)O)C(=O)O. The molecule has 0 heterocycles. The largest absolute Gasteiger partial charge is 0.481 e. The van der Waals surface area contributed by atoms with E-state index >= 15 is 0 Å². The fraction of sp³-hybridized carbons (Fsp3) is 0.400. The lowest BCUT2D eigenvalue weighted by Gasteiger charge is -2.21. The minimum Gasteiger partial charge on any atom is -0.481 e. The molecule has 1 aromatic rings. The van der Waals surface area contributed by atoms with Gasteiger partial charge in [-0.25, -0.2) is 4.79 Å². The van der Waals surface area contributed by atoms with Gasteiger partial charge in [0.15, 0.2) is 0 Å². The summed E-state index contributed by atoms with van der Waals surface area (Å²) < 4.78 is 0. The Morgan fingerprint density at radius 2 is 1.48 bits per heavy atom. The lowest BCUT2D eigenvalue weighted by molar-refractivity contribution is -0.147. The molecule has 0 aliphatic heterocycles. The Morgan fingerprint density at radius 3 is 2.03 bits per heavy atom. The Kier molecular flexibility index (Phi) is 11.0. The number of carbonyl (C=O) groups is 6. The number of carboxylic acid groups (broad SMARTS) is 3. The highest BCUT2D eigenvalue weighted by molar-refractivity contribution is 5.93. The first-order valence-electron chi connectivity index (χ1n) is 9.83. The molecule has 33 heavy (non-hydrogen) atoms. The second-order valence-electron chi connectivity index (χ2n) is 7.06. The first-order valence-corrected chi connectivity index (χ1v) is 9.83. The Hall–Kier alpha value is -4.00. The third-order valence-electron chi connectivity index (χ3n) is 4.36. The molecule has 0 aromatic heterocycles. The van der Waals surface area contributed by atoms with E-state index in [2.05, 4.69) is 16.0 Å². The van der Waals surface area contributed by atoms with Crippen molar-refractivity contribution in [3.05, 3.63) is 35.9 Å². The van der Waals surface area contributed by atoms with E-state index in [9.17, 15) is 28.8 Å². The van der Waals surface area contributed by atoms with Crippen LogP contribution in [0, 0.1) is 0 Å². The first kappa shape index (κ1) is 27.0. The van der Waals surface area contributed by atoms with E-state index in [1.54, 1.807) is 30.3 Å². The molecular formula is C20H26N4O9. The van der Waals surface area contributed by atoms with Gasteiger partial charge in [-0.05, 0) is 12.0 Å². The van der Waals surface area contributed by atoms with Gasteiger partial charge in [0.1, 0.15) is 12.1 Å². The maximum atomic E-state index is 12.6. The molecule has 8 N–H and O–H groups in total. The quantitative estimate of drug-likeness (QED) is 0.161. The summed E-state index contributed by atoms with van der Waals surface area (Å²) in [6.45, 7) is -0.574. The molecular weight excluding hydrogens is 440 g/mol. The number of carboxylic acids is 3. The normalized spacial score (nSPS) is 13.1. The number of carbonyl (C=O) groups excluding carboxylic acids is 3. The van der Waals surface area contributed by atoms with Crippen molar-refractivity contribution < 1.29 is 44.1 Å². The topological polar surface area (TPSA) is 225 Å². The van der Waals surface area contributed by atoms with Crippen molar-refractivity contribution in [1.29, 1.82) is 0 Å². The van der Waals surface area contributed by atoms with Crippen LogP contribution in [0.2, 0.25) is 0 Å². The van der Waals surface area contributed by atoms with Gasteiger partial charge in [0.25, 0.3) is 0 Å². The number of hydrogen-bond acceptors (Lipinski definition) is 7. The second kappa shape index (κ2) is 13.4. The van der Waals surface area contributed by atoms with E-state index in [-0.39, 0.29) is 19.3 Å². The molecule has 0 spiro atoms. The molecule has 0 aliphatic carbocycles. The van der Waals surface area contributed by atoms with Crippen molar-refractivity contribution in [2.24, 2.45) is 5.73 Å². The summed E-state index contributed by atoms with van der Waals surface area (Å²) in [7, 11) is 0. The van der Waals surface area contributed by atoms with Crippen LogP contribution in [0.4, 0.5) is 0 Å². The molecule has 0 fully saturated rings. The van der Waals surface area contributed by atoms with Crippen molar-refractivity contribution in [3.63, 3.8) is 0 Å². The number of amides is 3. The van der Waals surface area contributed by atoms with E-state index in [1.807, 2.05) is 0 Å². The van der Waals surface area contributed by atoms with Crippen molar-refractivity contribution in [1.82, 2.24) is 16.0 Å². The molecule has 180 valence electrons. The molecule has 1 aromatic carbocycles. The van der Waals surface area contributed by atoms with Gasteiger partial charge in [-0.15, -0.1) is 0 Å². The zero-order valence-electron chi connectivity index (χ0n) is 17.5. The summed E-state index contributed by atoms with van der Waals surface area (Å²) in [6, 6.07) is 4.32. The monoisotopic (exact) mass is 466 g/mol. The molecule has 3 atom stereocenters. The summed E-state index contributed by atoms with van der Waals surface area (Å²) >= 11 is 0. The van der Waals surface area contributed by atoms with Crippen LogP contribution in [-0.2, 0) is 35.2 Å². The van der Waals surface area contributed by atoms with Crippen LogP contribution < -0.4 is 21.7 Å². The Morgan fingerprint density at radius 1 is 0.848 bits per heavy atom. The van der Waals surface area contributed by atoms with Crippen molar-refractivity contribution in [2.75, 3.05) is 6.54 Å². The fourth-order valence-corrected chi connectivity index (χ4v) is 2.66. The molecule has 1 rings (SSSR count). The smallest absolute Gasteiger partial charge is 0.326 e. The molecule has 3 unspecified atom stereocenters. The van der Waals surface area contributed by atoms with Gasteiger partial charge < -0.3 is 37.0 Å². The van der Waals surface area contributed by atoms with Crippen LogP contribution in [0.15, 0.2) is 30.3 Å². The predicted octanol–water partition coefficient (Wildman–Crippen LogP) is -1.93. The zero-order chi connectivity index (χ0) is 25.0. The van der Waals surface area contributed by atoms with Gasteiger partial charge in [0, 0.05) is 12.8 Å². The van der Waals surface area contributed by atoms with Crippen LogP contribution in [0.25, 0.3) is 0 Å². The number of rotatable bonds is 14. The number of hydrogen-bond donors (Lipinski definition) is 7. The summed E-state index contributed by atoms with van der Waals surface area (Å²) in [6.07, 6.45) is -1.37. The fourth-order valence-electron chi connectivity index (χ4n) is 2.66. The minimum atomic E-state index is -1.71. The van der Waals surface area contributed by atoms with Gasteiger partial charge >= 0.3 is 17.9 Å². The second-order valence-corrected chi connectivity index (χ2v) is 7.06. The molecule has 0 aliphatic rings. The van der Waals surface area contributed by atoms with Gasteiger partial charge in [0.2, 0.25) is 17.7 Å². The number of nitrogens with one attached hydrogen (secondary N) is 3. The average molecular weight is 466 g/mol. The summed E-state index contributed by atoms with van der Waals surface area (Å²) in [5.74, 6) is -6.61. The molecule has 0 saturated heterocycles. The highest BCUT2D eigenvalue weighted by Crippen LogP contribution is 2.05. The molecule has 13 heteroatoms. The summed E-state index contributed by atoms with van der Waals surface area (Å²) in [5.41, 5.74) is 6.18. The van der Waals surface area contributed by atoms with Crippen LogP contribution in [-0.4, -0.2) is 75.6 Å². The summed E-state index contributed by atoms with van der Waals surface area (Å²) in [5, 5.41) is 33.3. The lowest BCUT2D eigenvalue weighted by atomic mass is 10.0. The first-order chi connectivity index (χ1) is 15.5. The van der Waals surface area contributed by atoms with Crippen LogP contribution in [0.5, 0.6) is 0 Å². The number of nitrogens with two attached hydrogens (primary N) is 1. The molecule has 0 radical (unpaired) electrons. The van der Waals surface area contributed by atoms with E-state index in [0.29, 0.717) is 5.56 Å². The minimum absolute atomic E-state index is 0.0378. The van der Waals surface area contributed by atoms with Crippen LogP contribution >= 0.6 is 0 Å². The van der Waals surface area contributed by atoms with Crippen LogP contribution in [0.1, 0.15) is 24.8 Å². The van der Waals surface area contributed by atoms with Gasteiger partial charge in [-0.1, -0.05) is 30.3 Å². The molecule has 0 bridgehead atoms. The Labute approximate surface area is 188 Å². The van der Waals surface area contributed by atoms with E-state index in [0.717, 1.165) is 0 Å². The van der Waals surface area contributed by atoms with Crippen molar-refractivity contribution in [3.8, 4) is 0 Å².